The molecule has 0 saturated carbocycles. The highest BCUT2D eigenvalue weighted by Gasteiger charge is 2.24. The summed E-state index contributed by atoms with van der Waals surface area (Å²) in [6.07, 6.45) is 1.19. The maximum Gasteiger partial charge on any atom is 0.354 e. The van der Waals surface area contributed by atoms with Crippen molar-refractivity contribution in [1.29, 1.82) is 0 Å². The van der Waals surface area contributed by atoms with Crippen molar-refractivity contribution < 1.29 is 4.92 Å². The first kappa shape index (κ1) is 14.4. The molecule has 0 spiro atoms. The van der Waals surface area contributed by atoms with E-state index >= 15 is 0 Å². The van der Waals surface area contributed by atoms with Crippen molar-refractivity contribution in [3.8, 4) is 0 Å². The van der Waals surface area contributed by atoms with E-state index < -0.39 is 4.92 Å². The van der Waals surface area contributed by atoms with Gasteiger partial charge in [0.25, 0.3) is 0 Å². The Morgan fingerprint density at radius 3 is 2.70 bits per heavy atom. The number of anilines is 2. The van der Waals surface area contributed by atoms with Crippen molar-refractivity contribution in [3.63, 3.8) is 0 Å². The van der Waals surface area contributed by atoms with Crippen LogP contribution in [-0.4, -0.2) is 14.9 Å². The summed E-state index contributed by atoms with van der Waals surface area (Å²) in [5, 5.41) is 14.1. The van der Waals surface area contributed by atoms with Gasteiger partial charge in [0.1, 0.15) is 6.33 Å². The Kier molecular flexibility index (Phi) is 4.32. The van der Waals surface area contributed by atoms with E-state index in [2.05, 4.69) is 20.7 Å². The number of aromatic nitrogens is 2. The molecular formula is C10H11ClN6O2S. The molecule has 2 aromatic rings. The van der Waals surface area contributed by atoms with Crippen LogP contribution >= 0.6 is 22.9 Å². The minimum absolute atomic E-state index is 0.0519. The lowest BCUT2D eigenvalue weighted by molar-refractivity contribution is -0.383. The van der Waals surface area contributed by atoms with Gasteiger partial charge in [-0.15, -0.1) is 11.3 Å². The summed E-state index contributed by atoms with van der Waals surface area (Å²) < 4.78 is 0.648. The Hall–Kier alpha value is -1.97. The summed E-state index contributed by atoms with van der Waals surface area (Å²) in [4.78, 5) is 19.0. The molecule has 0 aliphatic carbocycles. The number of nitrogen functional groups attached to an aromatic ring is 1. The molecule has 2 rings (SSSR count). The Balaban J connectivity index is 2.31. The Morgan fingerprint density at radius 2 is 2.15 bits per heavy atom. The third kappa shape index (κ3) is 2.95. The summed E-state index contributed by atoms with van der Waals surface area (Å²) in [6.45, 7) is 1.85. The van der Waals surface area contributed by atoms with Gasteiger partial charge < -0.3 is 10.7 Å². The monoisotopic (exact) mass is 314 g/mol. The molecule has 1 unspecified atom stereocenters. The molecule has 0 amide bonds. The topological polar surface area (TPSA) is 119 Å². The molecule has 8 nitrogen and oxygen atoms in total. The molecule has 106 valence electrons. The molecule has 10 heteroatoms. The molecular weight excluding hydrogens is 304 g/mol. The molecule has 2 aromatic heterocycles. The van der Waals surface area contributed by atoms with E-state index in [1.165, 1.54) is 17.7 Å². The molecule has 0 radical (unpaired) electrons. The quantitative estimate of drug-likeness (QED) is 0.440. The number of hydrogen-bond donors (Lipinski definition) is 3. The number of halogens is 1. The zero-order valence-electron chi connectivity index (χ0n) is 10.3. The zero-order chi connectivity index (χ0) is 14.7. The molecule has 2 heterocycles. The second-order valence-corrected chi connectivity index (χ2v) is 5.58. The summed E-state index contributed by atoms with van der Waals surface area (Å²) in [5.41, 5.74) is 1.88. The van der Waals surface area contributed by atoms with Gasteiger partial charge in [0.15, 0.2) is 0 Å². The summed E-state index contributed by atoms with van der Waals surface area (Å²) >= 11 is 7.26. The molecule has 0 saturated heterocycles. The van der Waals surface area contributed by atoms with E-state index in [1.54, 1.807) is 6.07 Å². The van der Waals surface area contributed by atoms with Crippen LogP contribution in [0.5, 0.6) is 0 Å². The predicted molar refractivity (Wildman–Crippen MR) is 77.9 cm³/mol. The van der Waals surface area contributed by atoms with Crippen LogP contribution in [0.4, 0.5) is 17.3 Å². The predicted octanol–water partition coefficient (Wildman–Crippen LogP) is 2.56. The maximum absolute atomic E-state index is 11.1. The van der Waals surface area contributed by atoms with Crippen LogP contribution in [0.1, 0.15) is 17.8 Å². The first-order valence-electron chi connectivity index (χ1n) is 5.50. The summed E-state index contributed by atoms with van der Waals surface area (Å²) in [7, 11) is 0. The first-order chi connectivity index (χ1) is 9.52. The van der Waals surface area contributed by atoms with Gasteiger partial charge in [-0.1, -0.05) is 11.6 Å². The number of nitrogens with zero attached hydrogens (tertiary/aromatic N) is 3. The van der Waals surface area contributed by atoms with Crippen LogP contribution < -0.4 is 16.6 Å². The van der Waals surface area contributed by atoms with Crippen LogP contribution in [0.15, 0.2) is 18.5 Å². The van der Waals surface area contributed by atoms with Crippen LogP contribution in [0.3, 0.4) is 0 Å². The number of nitro groups is 1. The van der Waals surface area contributed by atoms with Gasteiger partial charge in [0.05, 0.1) is 15.3 Å². The van der Waals surface area contributed by atoms with Crippen molar-refractivity contribution in [2.75, 3.05) is 10.7 Å². The van der Waals surface area contributed by atoms with Crippen molar-refractivity contribution >= 4 is 40.3 Å². The number of thiophene rings is 1. The third-order valence-electron chi connectivity index (χ3n) is 2.52. The van der Waals surface area contributed by atoms with E-state index in [0.717, 1.165) is 4.88 Å². The fourth-order valence-electron chi connectivity index (χ4n) is 1.60. The minimum Gasteiger partial charge on any atom is -0.357 e. The molecule has 0 aromatic carbocycles. The summed E-state index contributed by atoms with van der Waals surface area (Å²) in [5.74, 6) is 5.26. The van der Waals surface area contributed by atoms with Crippen molar-refractivity contribution in [3.05, 3.63) is 37.8 Å². The third-order valence-corrected chi connectivity index (χ3v) is 3.93. The van der Waals surface area contributed by atoms with E-state index in [0.29, 0.717) is 4.34 Å². The lowest BCUT2D eigenvalue weighted by atomic mass is 10.2. The van der Waals surface area contributed by atoms with Crippen LogP contribution in [0.25, 0.3) is 0 Å². The molecule has 20 heavy (non-hydrogen) atoms. The number of nitrogens with two attached hydrogens (primary N) is 1. The van der Waals surface area contributed by atoms with Crippen LogP contribution in [0.2, 0.25) is 4.34 Å². The van der Waals surface area contributed by atoms with Gasteiger partial charge in [0.2, 0.25) is 11.6 Å². The van der Waals surface area contributed by atoms with E-state index in [-0.39, 0.29) is 23.4 Å². The average molecular weight is 315 g/mol. The fourth-order valence-corrected chi connectivity index (χ4v) is 2.66. The van der Waals surface area contributed by atoms with E-state index in [4.69, 9.17) is 17.4 Å². The smallest absolute Gasteiger partial charge is 0.354 e. The van der Waals surface area contributed by atoms with Crippen molar-refractivity contribution in [1.82, 2.24) is 9.97 Å². The highest BCUT2D eigenvalue weighted by atomic mass is 35.5. The number of hydrazine groups is 1. The zero-order valence-corrected chi connectivity index (χ0v) is 11.9. The molecule has 0 aliphatic heterocycles. The lowest BCUT2D eigenvalue weighted by Gasteiger charge is -2.13. The minimum atomic E-state index is -0.592. The largest absolute Gasteiger partial charge is 0.357 e. The maximum atomic E-state index is 11.1. The van der Waals surface area contributed by atoms with Gasteiger partial charge in [-0.2, -0.15) is 0 Å². The average Bonchev–Trinajstić information content (AvgIpc) is 2.84. The molecule has 0 aliphatic rings. The van der Waals surface area contributed by atoms with Gasteiger partial charge in [0, 0.05) is 4.88 Å². The highest BCUT2D eigenvalue weighted by molar-refractivity contribution is 7.16. The normalized spacial score (nSPS) is 11.9. The summed E-state index contributed by atoms with van der Waals surface area (Å²) in [6, 6.07) is 3.42. The Morgan fingerprint density at radius 1 is 1.45 bits per heavy atom. The molecule has 0 fully saturated rings. The second kappa shape index (κ2) is 5.99. The van der Waals surface area contributed by atoms with E-state index in [9.17, 15) is 10.1 Å². The first-order valence-corrected chi connectivity index (χ1v) is 6.70. The van der Waals surface area contributed by atoms with Gasteiger partial charge in [-0.05, 0) is 19.1 Å². The molecule has 4 N–H and O–H groups in total. The SMILES string of the molecule is CC(Nc1ncnc(NN)c1[N+](=O)[O-])c1ccc(Cl)s1. The van der Waals surface area contributed by atoms with Crippen LogP contribution in [-0.2, 0) is 0 Å². The Bertz CT molecular complexity index is 634. The van der Waals surface area contributed by atoms with Crippen LogP contribution in [0, 0.1) is 10.1 Å². The standard InChI is InChI=1S/C10H11ClN6O2S/c1-5(6-2-3-7(11)20-6)15-9-8(17(18)19)10(16-12)14-4-13-9/h2-5H,12H2,1H3,(H2,13,14,15,16). The Labute approximate surface area is 123 Å². The number of hydrogen-bond acceptors (Lipinski definition) is 8. The van der Waals surface area contributed by atoms with Crippen molar-refractivity contribution in [2.24, 2.45) is 5.84 Å². The molecule has 0 bridgehead atoms. The van der Waals surface area contributed by atoms with Gasteiger partial charge >= 0.3 is 5.69 Å². The van der Waals surface area contributed by atoms with Gasteiger partial charge in [-0.3, -0.25) is 10.1 Å². The van der Waals surface area contributed by atoms with Crippen molar-refractivity contribution in [2.45, 2.75) is 13.0 Å². The van der Waals surface area contributed by atoms with E-state index in [1.807, 2.05) is 13.0 Å². The highest BCUT2D eigenvalue weighted by Crippen LogP contribution is 2.33. The molecule has 1 atom stereocenters. The fraction of sp³-hybridized carbons (Fsp3) is 0.200. The lowest BCUT2D eigenvalue weighted by Crippen LogP contribution is -2.14. The second-order valence-electron chi connectivity index (χ2n) is 3.83. The van der Waals surface area contributed by atoms with Gasteiger partial charge in [-0.25, -0.2) is 15.8 Å². The number of nitrogens with one attached hydrogen (secondary N) is 2. The number of rotatable bonds is 5.